The third kappa shape index (κ3) is 3.52. The first kappa shape index (κ1) is 17.6. The first-order valence-electron chi connectivity index (χ1n) is 8.61. The van der Waals surface area contributed by atoms with Gasteiger partial charge in [0.1, 0.15) is 5.69 Å². The van der Waals surface area contributed by atoms with E-state index in [4.69, 9.17) is 9.47 Å². The topological polar surface area (TPSA) is 112 Å². The van der Waals surface area contributed by atoms with Gasteiger partial charge >= 0.3 is 11.7 Å². The number of hydrogen-bond donors (Lipinski definition) is 2. The van der Waals surface area contributed by atoms with Gasteiger partial charge in [0.25, 0.3) is 0 Å². The Labute approximate surface area is 159 Å². The van der Waals surface area contributed by atoms with Crippen LogP contribution in [0, 0.1) is 0 Å². The van der Waals surface area contributed by atoms with Gasteiger partial charge in [0, 0.05) is 31.5 Å². The Bertz CT molecular complexity index is 1060. The van der Waals surface area contributed by atoms with Gasteiger partial charge in [-0.1, -0.05) is 6.07 Å². The van der Waals surface area contributed by atoms with Gasteiger partial charge in [0.05, 0.1) is 6.54 Å². The van der Waals surface area contributed by atoms with Crippen molar-refractivity contribution >= 4 is 11.7 Å². The van der Waals surface area contributed by atoms with Crippen LogP contribution in [0.3, 0.4) is 0 Å². The number of amides is 2. The molecule has 3 heterocycles. The number of nitrogens with one attached hydrogen (secondary N) is 2. The largest absolute Gasteiger partial charge is 0.454 e. The summed E-state index contributed by atoms with van der Waals surface area (Å²) in [4.78, 5) is 28.6. The number of pyridine rings is 1. The number of fused-ring (bicyclic) bond motifs is 1. The van der Waals surface area contributed by atoms with Crippen molar-refractivity contribution < 1.29 is 14.3 Å². The zero-order valence-corrected chi connectivity index (χ0v) is 15.1. The lowest BCUT2D eigenvalue weighted by molar-refractivity contribution is 0.174. The second kappa shape index (κ2) is 7.43. The summed E-state index contributed by atoms with van der Waals surface area (Å²) < 4.78 is 13.2. The van der Waals surface area contributed by atoms with Gasteiger partial charge < -0.3 is 20.1 Å². The van der Waals surface area contributed by atoms with Gasteiger partial charge in [-0.2, -0.15) is 0 Å². The van der Waals surface area contributed by atoms with E-state index in [1.165, 1.54) is 9.25 Å². The molecule has 1 aliphatic rings. The Morgan fingerprint density at radius 2 is 2.07 bits per heavy atom. The number of aromatic nitrogens is 4. The normalized spacial score (nSPS) is 12.0. The molecule has 0 atom stereocenters. The van der Waals surface area contributed by atoms with Gasteiger partial charge in [-0.15, -0.1) is 5.10 Å². The highest BCUT2D eigenvalue weighted by molar-refractivity contribution is 5.89. The quantitative estimate of drug-likeness (QED) is 0.686. The molecule has 2 aromatic heterocycles. The molecule has 2 N–H and O–H groups in total. The van der Waals surface area contributed by atoms with Crippen molar-refractivity contribution in [2.45, 2.75) is 6.54 Å². The van der Waals surface area contributed by atoms with E-state index in [0.717, 1.165) is 0 Å². The van der Waals surface area contributed by atoms with E-state index >= 15 is 0 Å². The molecule has 0 radical (unpaired) electrons. The van der Waals surface area contributed by atoms with Crippen LogP contribution in [0.1, 0.15) is 0 Å². The minimum Gasteiger partial charge on any atom is -0.454 e. The molecule has 0 saturated carbocycles. The zero-order valence-electron chi connectivity index (χ0n) is 15.1. The molecule has 0 spiro atoms. The number of hydrogen-bond acceptors (Lipinski definition) is 6. The lowest BCUT2D eigenvalue weighted by Crippen LogP contribution is -2.34. The van der Waals surface area contributed by atoms with E-state index in [0.29, 0.717) is 28.7 Å². The fourth-order valence-electron chi connectivity index (χ4n) is 2.78. The molecule has 28 heavy (non-hydrogen) atoms. The maximum Gasteiger partial charge on any atom is 0.346 e. The van der Waals surface area contributed by atoms with E-state index in [9.17, 15) is 9.59 Å². The number of benzene rings is 1. The predicted molar refractivity (Wildman–Crippen MR) is 100 cm³/mol. The summed E-state index contributed by atoms with van der Waals surface area (Å²) in [5.74, 6) is 1.69. The van der Waals surface area contributed by atoms with Crippen molar-refractivity contribution in [2.75, 3.05) is 18.7 Å². The maximum absolute atomic E-state index is 12.3. The molecule has 0 fully saturated rings. The Hall–Kier alpha value is -3.82. The van der Waals surface area contributed by atoms with E-state index in [2.05, 4.69) is 20.7 Å². The van der Waals surface area contributed by atoms with Crippen LogP contribution in [-0.2, 0) is 13.6 Å². The van der Waals surface area contributed by atoms with Crippen LogP contribution in [0.25, 0.3) is 11.5 Å². The van der Waals surface area contributed by atoms with E-state index in [-0.39, 0.29) is 25.6 Å². The number of carbonyl (C=O) groups excluding carboxylic acids is 1. The minimum atomic E-state index is -0.396. The van der Waals surface area contributed by atoms with Gasteiger partial charge in [0.15, 0.2) is 17.3 Å². The Morgan fingerprint density at radius 3 is 2.89 bits per heavy atom. The number of ether oxygens (including phenoxy) is 2. The monoisotopic (exact) mass is 382 g/mol. The van der Waals surface area contributed by atoms with Gasteiger partial charge in [-0.25, -0.2) is 14.3 Å². The average molecular weight is 382 g/mol. The standard InChI is InChI=1S/C18H18N6O4/c1-23-16(13-4-2-3-7-19-13)22-24(18(23)26)9-8-20-17(25)21-12-5-6-14-15(10-12)28-11-27-14/h2-7,10H,8-9,11H2,1H3,(H2,20,21,25). The number of carbonyl (C=O) groups is 1. The predicted octanol–water partition coefficient (Wildman–Crippen LogP) is 1.19. The van der Waals surface area contributed by atoms with Crippen molar-refractivity contribution in [3.8, 4) is 23.0 Å². The molecule has 3 aromatic rings. The molecule has 2 amide bonds. The number of anilines is 1. The van der Waals surface area contributed by atoms with Crippen LogP contribution in [0.4, 0.5) is 10.5 Å². The molecule has 0 bridgehead atoms. The van der Waals surface area contributed by atoms with Crippen LogP contribution in [-0.4, -0.2) is 38.7 Å². The highest BCUT2D eigenvalue weighted by atomic mass is 16.7. The number of urea groups is 1. The highest BCUT2D eigenvalue weighted by Crippen LogP contribution is 2.34. The Balaban J connectivity index is 1.35. The number of rotatable bonds is 5. The second-order valence-corrected chi connectivity index (χ2v) is 6.05. The van der Waals surface area contributed by atoms with Crippen LogP contribution in [0.2, 0.25) is 0 Å². The molecule has 10 nitrogen and oxygen atoms in total. The summed E-state index contributed by atoms with van der Waals surface area (Å²) in [5.41, 5.74) is 0.905. The Kier molecular flexibility index (Phi) is 4.67. The molecule has 0 unspecified atom stereocenters. The van der Waals surface area contributed by atoms with Gasteiger partial charge in [-0.3, -0.25) is 9.55 Å². The summed E-state index contributed by atoms with van der Waals surface area (Å²) in [6.07, 6.45) is 1.64. The summed E-state index contributed by atoms with van der Waals surface area (Å²) in [7, 11) is 1.63. The molecule has 144 valence electrons. The zero-order chi connectivity index (χ0) is 19.5. The van der Waals surface area contributed by atoms with Crippen molar-refractivity contribution in [1.82, 2.24) is 24.6 Å². The summed E-state index contributed by atoms with van der Waals surface area (Å²) in [6, 6.07) is 10.1. The molecule has 10 heteroatoms. The first-order chi connectivity index (χ1) is 13.6. The van der Waals surface area contributed by atoms with Gasteiger partial charge in [-0.05, 0) is 24.3 Å². The van der Waals surface area contributed by atoms with Crippen molar-refractivity contribution in [3.63, 3.8) is 0 Å². The third-order valence-electron chi connectivity index (χ3n) is 4.17. The van der Waals surface area contributed by atoms with Crippen molar-refractivity contribution in [3.05, 3.63) is 53.1 Å². The lowest BCUT2D eigenvalue weighted by Gasteiger charge is -2.08. The van der Waals surface area contributed by atoms with E-state index < -0.39 is 6.03 Å². The van der Waals surface area contributed by atoms with Crippen LogP contribution in [0.5, 0.6) is 11.5 Å². The highest BCUT2D eigenvalue weighted by Gasteiger charge is 2.15. The van der Waals surface area contributed by atoms with E-state index in [1.807, 2.05) is 6.07 Å². The molecular formula is C18H18N6O4. The minimum absolute atomic E-state index is 0.171. The molecular weight excluding hydrogens is 364 g/mol. The number of nitrogens with zero attached hydrogens (tertiary/aromatic N) is 4. The van der Waals surface area contributed by atoms with Crippen LogP contribution < -0.4 is 25.8 Å². The summed E-state index contributed by atoms with van der Waals surface area (Å²) >= 11 is 0. The van der Waals surface area contributed by atoms with Crippen molar-refractivity contribution in [1.29, 1.82) is 0 Å². The molecule has 0 saturated heterocycles. The average Bonchev–Trinajstić information content (AvgIpc) is 3.28. The smallest absolute Gasteiger partial charge is 0.346 e. The molecule has 0 aliphatic carbocycles. The SMILES string of the molecule is Cn1c(-c2ccccn2)nn(CCNC(=O)Nc2ccc3c(c2)OCO3)c1=O. The Morgan fingerprint density at radius 1 is 1.21 bits per heavy atom. The van der Waals surface area contributed by atoms with E-state index in [1.54, 1.807) is 43.6 Å². The first-order valence-corrected chi connectivity index (χ1v) is 8.61. The third-order valence-corrected chi connectivity index (χ3v) is 4.17. The van der Waals surface area contributed by atoms with Crippen LogP contribution in [0.15, 0.2) is 47.4 Å². The molecule has 1 aromatic carbocycles. The molecule has 1 aliphatic heterocycles. The fraction of sp³-hybridized carbons (Fsp3) is 0.222. The lowest BCUT2D eigenvalue weighted by atomic mass is 10.3. The van der Waals surface area contributed by atoms with Gasteiger partial charge in [0.2, 0.25) is 6.79 Å². The maximum atomic E-state index is 12.3. The summed E-state index contributed by atoms with van der Waals surface area (Å²) in [5, 5.41) is 9.70. The fourth-order valence-corrected chi connectivity index (χ4v) is 2.78. The van der Waals surface area contributed by atoms with Crippen molar-refractivity contribution in [2.24, 2.45) is 7.05 Å². The molecule has 4 rings (SSSR count). The second-order valence-electron chi connectivity index (χ2n) is 6.05. The summed E-state index contributed by atoms with van der Waals surface area (Å²) in [6.45, 7) is 0.632. The van der Waals surface area contributed by atoms with Crippen LogP contribution >= 0.6 is 0 Å².